The number of guanidine groups is 1. The Morgan fingerprint density at radius 3 is 2.91 bits per heavy atom. The summed E-state index contributed by atoms with van der Waals surface area (Å²) >= 11 is 0. The van der Waals surface area contributed by atoms with Gasteiger partial charge in [0, 0.05) is 17.1 Å². The van der Waals surface area contributed by atoms with Crippen molar-refractivity contribution in [1.82, 2.24) is 4.98 Å². The summed E-state index contributed by atoms with van der Waals surface area (Å²) in [5.41, 5.74) is 7.63. The van der Waals surface area contributed by atoms with Gasteiger partial charge in [-0.05, 0) is 12.5 Å². The molecule has 0 aliphatic heterocycles. The zero-order valence-corrected chi connectivity index (χ0v) is 12.7. The third-order valence-electron chi connectivity index (χ3n) is 3.51. The van der Waals surface area contributed by atoms with Gasteiger partial charge < -0.3 is 21.1 Å². The van der Waals surface area contributed by atoms with E-state index in [1.165, 1.54) is 0 Å². The Kier molecular flexibility index (Phi) is 5.41. The SMILES string of the molecule is CCCCCC(N=C(N)Nc1c[nH]c2ccccc12)C(=O)O. The number of rotatable bonds is 7. The largest absolute Gasteiger partial charge is 0.480 e. The quantitative estimate of drug-likeness (QED) is 0.358. The molecular formula is C16H22N4O2. The number of nitrogens with two attached hydrogens (primary N) is 1. The molecule has 0 aliphatic carbocycles. The number of anilines is 1. The van der Waals surface area contributed by atoms with Crippen LogP contribution >= 0.6 is 0 Å². The van der Waals surface area contributed by atoms with Gasteiger partial charge in [-0.25, -0.2) is 9.79 Å². The van der Waals surface area contributed by atoms with E-state index in [-0.39, 0.29) is 5.96 Å². The molecule has 0 saturated heterocycles. The molecule has 0 bridgehead atoms. The standard InChI is InChI=1S/C16H22N4O2/c1-2-3-4-9-13(15(21)22)19-16(17)20-14-10-18-12-8-6-5-7-11(12)14/h5-8,10,13,18H,2-4,9H2,1H3,(H,21,22)(H3,17,19,20). The molecule has 6 nitrogen and oxygen atoms in total. The molecule has 1 aromatic carbocycles. The van der Waals surface area contributed by atoms with E-state index in [1.807, 2.05) is 24.3 Å². The molecule has 118 valence electrons. The van der Waals surface area contributed by atoms with E-state index < -0.39 is 12.0 Å². The van der Waals surface area contributed by atoms with Gasteiger partial charge in [-0.2, -0.15) is 0 Å². The van der Waals surface area contributed by atoms with Crippen molar-refractivity contribution in [3.05, 3.63) is 30.5 Å². The summed E-state index contributed by atoms with van der Waals surface area (Å²) in [6.45, 7) is 2.08. The Balaban J connectivity index is 2.08. The normalized spacial score (nSPS) is 13.2. The minimum atomic E-state index is -0.945. The average molecular weight is 302 g/mol. The zero-order chi connectivity index (χ0) is 15.9. The number of hydrogen-bond donors (Lipinski definition) is 4. The lowest BCUT2D eigenvalue weighted by Gasteiger charge is -2.10. The van der Waals surface area contributed by atoms with E-state index >= 15 is 0 Å². The van der Waals surface area contributed by atoms with Gasteiger partial charge in [-0.15, -0.1) is 0 Å². The molecule has 0 aliphatic rings. The van der Waals surface area contributed by atoms with E-state index in [1.54, 1.807) is 6.20 Å². The molecule has 1 aromatic heterocycles. The lowest BCUT2D eigenvalue weighted by Crippen LogP contribution is -2.28. The first kappa shape index (κ1) is 15.9. The van der Waals surface area contributed by atoms with E-state index in [2.05, 4.69) is 22.2 Å². The molecule has 1 atom stereocenters. The molecule has 0 amide bonds. The molecule has 0 fully saturated rings. The zero-order valence-electron chi connectivity index (χ0n) is 12.7. The number of aliphatic imine (C=N–C) groups is 1. The van der Waals surface area contributed by atoms with Gasteiger partial charge in [-0.1, -0.05) is 44.4 Å². The van der Waals surface area contributed by atoms with Crippen LogP contribution in [0.4, 0.5) is 5.69 Å². The van der Waals surface area contributed by atoms with Crippen LogP contribution in [0.25, 0.3) is 10.9 Å². The van der Waals surface area contributed by atoms with Gasteiger partial charge in [-0.3, -0.25) is 0 Å². The van der Waals surface area contributed by atoms with Gasteiger partial charge in [0.15, 0.2) is 12.0 Å². The highest BCUT2D eigenvalue weighted by Crippen LogP contribution is 2.22. The lowest BCUT2D eigenvalue weighted by atomic mass is 10.1. The van der Waals surface area contributed by atoms with Crippen molar-refractivity contribution in [1.29, 1.82) is 0 Å². The molecule has 1 unspecified atom stereocenters. The number of aliphatic carboxylic acids is 1. The molecule has 6 heteroatoms. The Hall–Kier alpha value is -2.50. The third-order valence-corrected chi connectivity index (χ3v) is 3.51. The van der Waals surface area contributed by atoms with E-state index in [4.69, 9.17) is 5.73 Å². The number of nitrogens with one attached hydrogen (secondary N) is 2. The lowest BCUT2D eigenvalue weighted by molar-refractivity contribution is -0.138. The first-order valence-electron chi connectivity index (χ1n) is 7.51. The highest BCUT2D eigenvalue weighted by molar-refractivity contribution is 6.02. The van der Waals surface area contributed by atoms with Gasteiger partial charge in [0.1, 0.15) is 0 Å². The second-order valence-electron chi connectivity index (χ2n) is 5.24. The van der Waals surface area contributed by atoms with Crippen LogP contribution in [0.3, 0.4) is 0 Å². The molecule has 0 radical (unpaired) electrons. The molecule has 0 saturated carbocycles. The van der Waals surface area contributed by atoms with Gasteiger partial charge >= 0.3 is 5.97 Å². The number of unbranched alkanes of at least 4 members (excludes halogenated alkanes) is 2. The summed E-state index contributed by atoms with van der Waals surface area (Å²) < 4.78 is 0. The van der Waals surface area contributed by atoms with Crippen molar-refractivity contribution < 1.29 is 9.90 Å². The summed E-state index contributed by atoms with van der Waals surface area (Å²) in [6, 6.07) is 6.98. The van der Waals surface area contributed by atoms with Crippen LogP contribution in [0.15, 0.2) is 35.5 Å². The van der Waals surface area contributed by atoms with Crippen LogP contribution in [-0.4, -0.2) is 28.1 Å². The van der Waals surface area contributed by atoms with Gasteiger partial charge in [0.2, 0.25) is 0 Å². The highest BCUT2D eigenvalue weighted by atomic mass is 16.4. The predicted octanol–water partition coefficient (Wildman–Crippen LogP) is 2.93. The van der Waals surface area contributed by atoms with Gasteiger partial charge in [0.25, 0.3) is 0 Å². The molecular weight excluding hydrogens is 280 g/mol. The van der Waals surface area contributed by atoms with Crippen molar-refractivity contribution >= 4 is 28.5 Å². The number of benzene rings is 1. The number of para-hydroxylation sites is 1. The molecule has 2 aromatic rings. The van der Waals surface area contributed by atoms with Gasteiger partial charge in [0.05, 0.1) is 5.69 Å². The van der Waals surface area contributed by atoms with Crippen molar-refractivity contribution in [3.63, 3.8) is 0 Å². The molecule has 0 spiro atoms. The minimum absolute atomic E-state index is 0.119. The second-order valence-corrected chi connectivity index (χ2v) is 5.24. The Bertz CT molecular complexity index is 663. The number of carbonyl (C=O) groups is 1. The van der Waals surface area contributed by atoms with E-state index in [0.29, 0.717) is 6.42 Å². The summed E-state index contributed by atoms with van der Waals surface area (Å²) in [4.78, 5) is 18.5. The minimum Gasteiger partial charge on any atom is -0.480 e. The maximum Gasteiger partial charge on any atom is 0.328 e. The van der Waals surface area contributed by atoms with Crippen LogP contribution in [0.1, 0.15) is 32.6 Å². The van der Waals surface area contributed by atoms with Crippen molar-refractivity contribution in [2.24, 2.45) is 10.7 Å². The number of carboxylic acid groups (broad SMARTS) is 1. The number of carboxylic acids is 1. The number of aromatic amines is 1. The number of aromatic nitrogens is 1. The fourth-order valence-corrected chi connectivity index (χ4v) is 2.34. The van der Waals surface area contributed by atoms with Crippen molar-refractivity contribution in [3.8, 4) is 0 Å². The number of fused-ring (bicyclic) bond motifs is 1. The Morgan fingerprint density at radius 2 is 2.18 bits per heavy atom. The first-order chi connectivity index (χ1) is 10.6. The van der Waals surface area contributed by atoms with E-state index in [9.17, 15) is 9.90 Å². The monoisotopic (exact) mass is 302 g/mol. The number of nitrogens with zero attached hydrogens (tertiary/aromatic N) is 1. The fraction of sp³-hybridized carbons (Fsp3) is 0.375. The smallest absolute Gasteiger partial charge is 0.328 e. The topological polar surface area (TPSA) is 103 Å². The Morgan fingerprint density at radius 1 is 1.41 bits per heavy atom. The third kappa shape index (κ3) is 4.00. The second kappa shape index (κ2) is 7.49. The van der Waals surface area contributed by atoms with E-state index in [0.717, 1.165) is 35.9 Å². The van der Waals surface area contributed by atoms with Crippen LogP contribution < -0.4 is 11.1 Å². The molecule has 5 N–H and O–H groups in total. The summed E-state index contributed by atoms with van der Waals surface area (Å²) in [6.07, 6.45) is 5.16. The maximum atomic E-state index is 11.2. The summed E-state index contributed by atoms with van der Waals surface area (Å²) in [5, 5.41) is 13.2. The summed E-state index contributed by atoms with van der Waals surface area (Å²) in [5.74, 6) is -0.826. The van der Waals surface area contributed by atoms with Crippen molar-refractivity contribution in [2.75, 3.05) is 5.32 Å². The number of H-pyrrole nitrogens is 1. The molecule has 2 rings (SSSR count). The fourth-order valence-electron chi connectivity index (χ4n) is 2.34. The van der Waals surface area contributed by atoms with Crippen LogP contribution in [0.2, 0.25) is 0 Å². The van der Waals surface area contributed by atoms with Crippen molar-refractivity contribution in [2.45, 2.75) is 38.6 Å². The summed E-state index contributed by atoms with van der Waals surface area (Å²) in [7, 11) is 0. The Labute approximate surface area is 129 Å². The highest BCUT2D eigenvalue weighted by Gasteiger charge is 2.16. The molecule has 1 heterocycles. The van der Waals surface area contributed by atoms with Crippen LogP contribution in [-0.2, 0) is 4.79 Å². The first-order valence-corrected chi connectivity index (χ1v) is 7.51. The predicted molar refractivity (Wildman–Crippen MR) is 89.1 cm³/mol. The molecule has 22 heavy (non-hydrogen) atoms. The number of hydrogen-bond acceptors (Lipinski definition) is 2. The average Bonchev–Trinajstić information content (AvgIpc) is 2.89. The maximum absolute atomic E-state index is 11.2. The van der Waals surface area contributed by atoms with Crippen LogP contribution in [0.5, 0.6) is 0 Å². The van der Waals surface area contributed by atoms with Crippen LogP contribution in [0, 0.1) is 0 Å².